The minimum Gasteiger partial charge on any atom is -0.376 e. The molecule has 0 aliphatic carbocycles. The van der Waals surface area contributed by atoms with Gasteiger partial charge in [-0.05, 0) is 30.5 Å². The predicted octanol–water partition coefficient (Wildman–Crippen LogP) is 3.36. The van der Waals surface area contributed by atoms with Gasteiger partial charge in [0.2, 0.25) is 0 Å². The molecule has 5 nitrogen and oxygen atoms in total. The third-order valence-corrected chi connectivity index (χ3v) is 4.00. The van der Waals surface area contributed by atoms with E-state index in [0.29, 0.717) is 6.10 Å². The van der Waals surface area contributed by atoms with Crippen molar-refractivity contribution in [3.05, 3.63) is 30.2 Å². The van der Waals surface area contributed by atoms with Crippen LogP contribution >= 0.6 is 0 Å². The molecule has 1 aliphatic heterocycles. The lowest BCUT2D eigenvalue weighted by Crippen LogP contribution is -2.18. The number of hydrogen-bond donors (Lipinski definition) is 2. The second-order valence-corrected chi connectivity index (χ2v) is 6.85. The summed E-state index contributed by atoms with van der Waals surface area (Å²) in [6.07, 6.45) is 6.32. The molecule has 22 heavy (non-hydrogen) atoms. The highest BCUT2D eigenvalue weighted by molar-refractivity contribution is 5.68. The first-order valence-electron chi connectivity index (χ1n) is 7.90. The summed E-state index contributed by atoms with van der Waals surface area (Å²) in [4.78, 5) is 4.40. The standard InChI is InChI=1S/C17H24N4O/c1-17(2,3)16-14(11-20-21-16)12-6-7-18-15(9-12)19-10-13-5-4-8-22-13/h6-7,9,11,13H,4-5,8,10H2,1-3H3,(H,18,19)(H,20,21)/t13-/m1/s1. The van der Waals surface area contributed by atoms with E-state index in [1.807, 2.05) is 18.5 Å². The molecule has 1 atom stereocenters. The van der Waals surface area contributed by atoms with Crippen molar-refractivity contribution in [2.45, 2.75) is 45.1 Å². The van der Waals surface area contributed by atoms with Crippen molar-refractivity contribution >= 4 is 5.82 Å². The molecular weight excluding hydrogens is 276 g/mol. The van der Waals surface area contributed by atoms with Crippen LogP contribution in [0.2, 0.25) is 0 Å². The van der Waals surface area contributed by atoms with E-state index in [1.165, 1.54) is 0 Å². The molecule has 3 heterocycles. The van der Waals surface area contributed by atoms with E-state index in [9.17, 15) is 0 Å². The van der Waals surface area contributed by atoms with Gasteiger partial charge >= 0.3 is 0 Å². The molecule has 0 unspecified atom stereocenters. The van der Waals surface area contributed by atoms with Crippen LogP contribution in [0.1, 0.15) is 39.3 Å². The lowest BCUT2D eigenvalue weighted by molar-refractivity contribution is 0.120. The van der Waals surface area contributed by atoms with Crippen molar-refractivity contribution in [2.75, 3.05) is 18.5 Å². The Morgan fingerprint density at radius 1 is 1.41 bits per heavy atom. The minimum absolute atomic E-state index is 0.0282. The summed E-state index contributed by atoms with van der Waals surface area (Å²) in [5.74, 6) is 0.883. The van der Waals surface area contributed by atoms with Gasteiger partial charge in [-0.1, -0.05) is 20.8 Å². The molecule has 2 aromatic rings. The zero-order valence-corrected chi connectivity index (χ0v) is 13.5. The molecule has 2 aromatic heterocycles. The summed E-state index contributed by atoms with van der Waals surface area (Å²) in [5.41, 5.74) is 3.43. The van der Waals surface area contributed by atoms with Crippen molar-refractivity contribution in [1.82, 2.24) is 15.2 Å². The number of rotatable bonds is 4. The topological polar surface area (TPSA) is 62.8 Å². The smallest absolute Gasteiger partial charge is 0.126 e. The number of nitrogens with one attached hydrogen (secondary N) is 2. The third kappa shape index (κ3) is 3.30. The van der Waals surface area contributed by atoms with E-state index in [-0.39, 0.29) is 5.41 Å². The minimum atomic E-state index is 0.0282. The zero-order valence-electron chi connectivity index (χ0n) is 13.5. The van der Waals surface area contributed by atoms with Gasteiger partial charge in [0.1, 0.15) is 5.82 Å². The molecule has 0 saturated carbocycles. The van der Waals surface area contributed by atoms with Gasteiger partial charge < -0.3 is 10.1 Å². The van der Waals surface area contributed by atoms with Crippen molar-refractivity contribution < 1.29 is 4.74 Å². The quantitative estimate of drug-likeness (QED) is 0.909. The van der Waals surface area contributed by atoms with E-state index >= 15 is 0 Å². The molecule has 1 aliphatic rings. The van der Waals surface area contributed by atoms with E-state index in [4.69, 9.17) is 4.74 Å². The Labute approximate surface area is 131 Å². The lowest BCUT2D eigenvalue weighted by Gasteiger charge is -2.18. The second kappa shape index (κ2) is 6.08. The average molecular weight is 300 g/mol. The first-order valence-corrected chi connectivity index (χ1v) is 7.90. The number of aromatic amines is 1. The average Bonchev–Trinajstić information content (AvgIpc) is 3.16. The van der Waals surface area contributed by atoms with Crippen LogP contribution in [0.3, 0.4) is 0 Å². The van der Waals surface area contributed by atoms with Crippen molar-refractivity contribution in [2.24, 2.45) is 0 Å². The molecule has 1 saturated heterocycles. The molecule has 0 amide bonds. The molecular formula is C17H24N4O. The van der Waals surface area contributed by atoms with Crippen molar-refractivity contribution in [3.8, 4) is 11.1 Å². The van der Waals surface area contributed by atoms with Gasteiger partial charge in [-0.15, -0.1) is 0 Å². The van der Waals surface area contributed by atoms with Crippen LogP contribution in [-0.4, -0.2) is 34.4 Å². The summed E-state index contributed by atoms with van der Waals surface area (Å²) in [6.45, 7) is 8.24. The SMILES string of the molecule is CC(C)(C)c1[nH]ncc1-c1ccnc(NC[C@H]2CCCO2)c1. The van der Waals surface area contributed by atoms with Gasteiger partial charge in [0.05, 0.1) is 12.3 Å². The van der Waals surface area contributed by atoms with Crippen LogP contribution in [0.4, 0.5) is 5.82 Å². The number of anilines is 1. The molecule has 0 aromatic carbocycles. The molecule has 0 bridgehead atoms. The summed E-state index contributed by atoms with van der Waals surface area (Å²) in [5, 5.41) is 10.7. The van der Waals surface area contributed by atoms with Crippen molar-refractivity contribution in [1.29, 1.82) is 0 Å². The Morgan fingerprint density at radius 3 is 3.00 bits per heavy atom. The molecule has 5 heteroatoms. The fraction of sp³-hybridized carbons (Fsp3) is 0.529. The maximum atomic E-state index is 5.64. The highest BCUT2D eigenvalue weighted by atomic mass is 16.5. The largest absolute Gasteiger partial charge is 0.376 e. The fourth-order valence-corrected chi connectivity index (χ4v) is 2.80. The first-order chi connectivity index (χ1) is 10.5. The van der Waals surface area contributed by atoms with Gasteiger partial charge in [-0.3, -0.25) is 5.10 Å². The highest BCUT2D eigenvalue weighted by Crippen LogP contribution is 2.31. The van der Waals surface area contributed by atoms with Gasteiger partial charge in [0.25, 0.3) is 0 Å². The Balaban J connectivity index is 1.77. The van der Waals surface area contributed by atoms with Crippen LogP contribution in [0.5, 0.6) is 0 Å². The predicted molar refractivity (Wildman–Crippen MR) is 88.0 cm³/mol. The van der Waals surface area contributed by atoms with Gasteiger partial charge in [-0.2, -0.15) is 5.10 Å². The van der Waals surface area contributed by atoms with Crippen LogP contribution in [0, 0.1) is 0 Å². The molecule has 0 radical (unpaired) electrons. The van der Waals surface area contributed by atoms with Crippen LogP contribution in [0.15, 0.2) is 24.5 Å². The fourth-order valence-electron chi connectivity index (χ4n) is 2.80. The monoisotopic (exact) mass is 300 g/mol. The highest BCUT2D eigenvalue weighted by Gasteiger charge is 2.21. The summed E-state index contributed by atoms with van der Waals surface area (Å²) in [6, 6.07) is 4.10. The molecule has 3 rings (SSSR count). The summed E-state index contributed by atoms with van der Waals surface area (Å²) >= 11 is 0. The van der Waals surface area contributed by atoms with Crippen LogP contribution in [0.25, 0.3) is 11.1 Å². The maximum absolute atomic E-state index is 5.64. The second-order valence-electron chi connectivity index (χ2n) is 6.85. The zero-order chi connectivity index (χ0) is 15.6. The van der Waals surface area contributed by atoms with E-state index in [0.717, 1.165) is 48.6 Å². The number of H-pyrrole nitrogens is 1. The van der Waals surface area contributed by atoms with Crippen LogP contribution in [-0.2, 0) is 10.2 Å². The Bertz CT molecular complexity index is 624. The normalized spacial score (nSPS) is 18.6. The molecule has 2 N–H and O–H groups in total. The van der Waals surface area contributed by atoms with Gasteiger partial charge in [0.15, 0.2) is 0 Å². The van der Waals surface area contributed by atoms with E-state index in [1.54, 1.807) is 0 Å². The van der Waals surface area contributed by atoms with Gasteiger partial charge in [0, 0.05) is 36.0 Å². The van der Waals surface area contributed by atoms with Gasteiger partial charge in [-0.25, -0.2) is 4.98 Å². The van der Waals surface area contributed by atoms with Crippen molar-refractivity contribution in [3.63, 3.8) is 0 Å². The van der Waals surface area contributed by atoms with E-state index in [2.05, 4.69) is 47.3 Å². The number of hydrogen-bond acceptors (Lipinski definition) is 4. The number of pyridine rings is 1. The number of aromatic nitrogens is 3. The lowest BCUT2D eigenvalue weighted by atomic mass is 9.88. The number of nitrogens with zero attached hydrogens (tertiary/aromatic N) is 2. The Morgan fingerprint density at radius 2 is 2.27 bits per heavy atom. The summed E-state index contributed by atoms with van der Waals surface area (Å²) < 4.78 is 5.64. The Hall–Kier alpha value is -1.88. The number of ether oxygens (including phenoxy) is 1. The summed E-state index contributed by atoms with van der Waals surface area (Å²) in [7, 11) is 0. The molecule has 118 valence electrons. The maximum Gasteiger partial charge on any atom is 0.126 e. The third-order valence-electron chi connectivity index (χ3n) is 4.00. The Kier molecular flexibility index (Phi) is 4.16. The molecule has 0 spiro atoms. The van der Waals surface area contributed by atoms with Crippen LogP contribution < -0.4 is 5.32 Å². The molecule has 1 fully saturated rings. The first kappa shape index (κ1) is 15.0. The van der Waals surface area contributed by atoms with E-state index < -0.39 is 0 Å².